The van der Waals surface area contributed by atoms with Crippen LogP contribution in [0.25, 0.3) is 10.9 Å². The van der Waals surface area contributed by atoms with Gasteiger partial charge in [-0.1, -0.05) is 42.5 Å². The van der Waals surface area contributed by atoms with E-state index in [-0.39, 0.29) is 5.91 Å². The van der Waals surface area contributed by atoms with Gasteiger partial charge in [-0.2, -0.15) is 0 Å². The Kier molecular flexibility index (Phi) is 7.25. The van der Waals surface area contributed by atoms with Crippen LogP contribution < -0.4 is 14.8 Å². The molecule has 0 aliphatic carbocycles. The number of fused-ring (bicyclic) bond motifs is 1. The maximum Gasteiger partial charge on any atom is 0.251 e. The second kappa shape index (κ2) is 10.5. The molecule has 0 saturated carbocycles. The molecule has 1 aromatic heterocycles. The van der Waals surface area contributed by atoms with Crippen LogP contribution in [0.4, 0.5) is 0 Å². The molecule has 0 bridgehead atoms. The fourth-order valence-electron chi connectivity index (χ4n) is 3.81. The van der Waals surface area contributed by atoms with Gasteiger partial charge in [0.2, 0.25) is 0 Å². The van der Waals surface area contributed by atoms with Crippen molar-refractivity contribution in [1.82, 2.24) is 9.88 Å². The van der Waals surface area contributed by atoms with E-state index in [1.165, 1.54) is 26.9 Å². The lowest BCUT2D eigenvalue weighted by Crippen LogP contribution is -2.27. The number of rotatable bonds is 9. The fraction of sp³-hybridized carbons (Fsp3) is 0.222. The van der Waals surface area contributed by atoms with Gasteiger partial charge in [0.1, 0.15) is 0 Å². The Morgan fingerprint density at radius 3 is 2.52 bits per heavy atom. The molecule has 4 rings (SSSR count). The first-order chi connectivity index (χ1) is 16.1. The third kappa shape index (κ3) is 5.17. The average molecular weight is 461 g/mol. The van der Waals surface area contributed by atoms with Crippen LogP contribution in [-0.4, -0.2) is 31.2 Å². The van der Waals surface area contributed by atoms with E-state index in [4.69, 9.17) is 9.47 Å². The Morgan fingerprint density at radius 2 is 1.73 bits per heavy atom. The van der Waals surface area contributed by atoms with Crippen molar-refractivity contribution in [1.29, 1.82) is 0 Å². The minimum absolute atomic E-state index is 0.137. The number of thioether (sulfide) groups is 1. The first kappa shape index (κ1) is 22.8. The van der Waals surface area contributed by atoms with Gasteiger partial charge in [0, 0.05) is 46.4 Å². The summed E-state index contributed by atoms with van der Waals surface area (Å²) in [6.07, 6.45) is 2.19. The van der Waals surface area contributed by atoms with Gasteiger partial charge >= 0.3 is 0 Å². The van der Waals surface area contributed by atoms with Gasteiger partial charge in [0.05, 0.1) is 14.2 Å². The number of aromatic nitrogens is 1. The summed E-state index contributed by atoms with van der Waals surface area (Å²) >= 11 is 1.85. The minimum Gasteiger partial charge on any atom is -0.493 e. The smallest absolute Gasteiger partial charge is 0.251 e. The lowest BCUT2D eigenvalue weighted by Gasteiger charge is -2.10. The average Bonchev–Trinajstić information content (AvgIpc) is 3.20. The Labute approximate surface area is 198 Å². The number of benzene rings is 3. The largest absolute Gasteiger partial charge is 0.493 e. The molecule has 4 aromatic rings. The van der Waals surface area contributed by atoms with Gasteiger partial charge in [-0.15, -0.1) is 11.8 Å². The van der Waals surface area contributed by atoms with Crippen LogP contribution in [0.1, 0.15) is 21.5 Å². The van der Waals surface area contributed by atoms with Crippen molar-refractivity contribution in [3.8, 4) is 11.5 Å². The van der Waals surface area contributed by atoms with E-state index < -0.39 is 0 Å². The number of nitrogens with zero attached hydrogens (tertiary/aromatic N) is 1. The zero-order chi connectivity index (χ0) is 23.2. The molecule has 6 heteroatoms. The SMILES string of the molecule is COc1ccc(C(=O)NCCn2cc(SCc3ccccc3C)c3ccccc32)cc1OC. The third-order valence-corrected chi connectivity index (χ3v) is 6.77. The first-order valence-electron chi connectivity index (χ1n) is 10.9. The monoisotopic (exact) mass is 460 g/mol. The molecule has 0 unspecified atom stereocenters. The molecular formula is C27H28N2O3S. The number of amides is 1. The number of methoxy groups -OCH3 is 2. The lowest BCUT2D eigenvalue weighted by atomic mass is 10.1. The molecule has 170 valence electrons. The summed E-state index contributed by atoms with van der Waals surface area (Å²) in [5, 5.41) is 4.25. The van der Waals surface area contributed by atoms with Crippen molar-refractivity contribution in [2.75, 3.05) is 20.8 Å². The maximum absolute atomic E-state index is 12.6. The van der Waals surface area contributed by atoms with Crippen LogP contribution in [-0.2, 0) is 12.3 Å². The van der Waals surface area contributed by atoms with Crippen LogP contribution in [0.2, 0.25) is 0 Å². The topological polar surface area (TPSA) is 52.5 Å². The standard InChI is InChI=1S/C27H28N2O3S/c1-19-8-4-5-9-21(19)18-33-26-17-29(23-11-7-6-10-22(23)26)15-14-28-27(30)20-12-13-24(31-2)25(16-20)32-3/h4-13,16-17H,14-15,18H2,1-3H3,(H,28,30). The Morgan fingerprint density at radius 1 is 0.970 bits per heavy atom. The molecule has 3 aromatic carbocycles. The van der Waals surface area contributed by atoms with Gasteiger partial charge in [0.15, 0.2) is 11.5 Å². The van der Waals surface area contributed by atoms with E-state index in [2.05, 4.69) is 71.5 Å². The van der Waals surface area contributed by atoms with Gasteiger partial charge in [0.25, 0.3) is 5.91 Å². The number of carbonyl (C=O) groups is 1. The van der Waals surface area contributed by atoms with E-state index in [9.17, 15) is 4.79 Å². The third-order valence-electron chi connectivity index (χ3n) is 5.68. The number of nitrogens with one attached hydrogen (secondary N) is 1. The summed E-state index contributed by atoms with van der Waals surface area (Å²) < 4.78 is 12.8. The van der Waals surface area contributed by atoms with Crippen molar-refractivity contribution in [2.45, 2.75) is 24.1 Å². The molecule has 5 nitrogen and oxygen atoms in total. The molecule has 0 spiro atoms. The summed E-state index contributed by atoms with van der Waals surface area (Å²) in [4.78, 5) is 13.9. The summed E-state index contributed by atoms with van der Waals surface area (Å²) in [5.74, 6) is 1.93. The predicted octanol–water partition coefficient (Wildman–Crippen LogP) is 5.69. The van der Waals surface area contributed by atoms with Gasteiger partial charge in [-0.25, -0.2) is 0 Å². The minimum atomic E-state index is -0.137. The summed E-state index contributed by atoms with van der Waals surface area (Å²) in [7, 11) is 3.14. The normalized spacial score (nSPS) is 10.9. The molecule has 1 N–H and O–H groups in total. The predicted molar refractivity (Wildman–Crippen MR) is 135 cm³/mol. The van der Waals surface area contributed by atoms with Crippen LogP contribution in [0, 0.1) is 6.92 Å². The zero-order valence-electron chi connectivity index (χ0n) is 19.1. The highest BCUT2D eigenvalue weighted by molar-refractivity contribution is 7.98. The van der Waals surface area contributed by atoms with Crippen LogP contribution >= 0.6 is 11.8 Å². The molecule has 0 saturated heterocycles. The van der Waals surface area contributed by atoms with Crippen molar-refractivity contribution in [2.24, 2.45) is 0 Å². The first-order valence-corrected chi connectivity index (χ1v) is 11.8. The lowest BCUT2D eigenvalue weighted by molar-refractivity contribution is 0.0952. The number of para-hydroxylation sites is 1. The molecule has 0 radical (unpaired) electrons. The van der Waals surface area contributed by atoms with E-state index in [1.807, 2.05) is 11.8 Å². The summed E-state index contributed by atoms with van der Waals surface area (Å²) in [5.41, 5.74) is 4.37. The van der Waals surface area contributed by atoms with Crippen LogP contribution in [0.3, 0.4) is 0 Å². The quantitative estimate of drug-likeness (QED) is 0.326. The van der Waals surface area contributed by atoms with E-state index in [0.29, 0.717) is 30.2 Å². The molecule has 1 heterocycles. The zero-order valence-corrected chi connectivity index (χ0v) is 19.9. The molecule has 0 fully saturated rings. The van der Waals surface area contributed by atoms with Gasteiger partial charge in [-0.05, 0) is 42.3 Å². The Bertz CT molecular complexity index is 1270. The van der Waals surface area contributed by atoms with Crippen molar-refractivity contribution in [3.63, 3.8) is 0 Å². The van der Waals surface area contributed by atoms with Gasteiger partial charge < -0.3 is 19.4 Å². The number of ether oxygens (including phenoxy) is 2. The van der Waals surface area contributed by atoms with Crippen LogP contribution in [0.15, 0.2) is 77.8 Å². The van der Waals surface area contributed by atoms with E-state index >= 15 is 0 Å². The highest BCUT2D eigenvalue weighted by Crippen LogP contribution is 2.32. The number of aryl methyl sites for hydroxylation is 1. The van der Waals surface area contributed by atoms with E-state index in [0.717, 1.165) is 5.75 Å². The second-order valence-corrected chi connectivity index (χ2v) is 8.76. The molecule has 33 heavy (non-hydrogen) atoms. The van der Waals surface area contributed by atoms with Gasteiger partial charge in [-0.3, -0.25) is 4.79 Å². The molecular weight excluding hydrogens is 432 g/mol. The maximum atomic E-state index is 12.6. The highest BCUT2D eigenvalue weighted by Gasteiger charge is 2.12. The van der Waals surface area contributed by atoms with Crippen molar-refractivity contribution < 1.29 is 14.3 Å². The highest BCUT2D eigenvalue weighted by atomic mass is 32.2. The summed E-state index contributed by atoms with van der Waals surface area (Å²) in [6.45, 7) is 3.36. The number of carbonyl (C=O) groups excluding carboxylic acids is 1. The van der Waals surface area contributed by atoms with E-state index in [1.54, 1.807) is 32.4 Å². The molecule has 0 atom stereocenters. The van der Waals surface area contributed by atoms with Crippen LogP contribution in [0.5, 0.6) is 11.5 Å². The molecule has 0 aliphatic heterocycles. The molecule has 0 aliphatic rings. The summed E-state index contributed by atoms with van der Waals surface area (Å²) in [6, 6.07) is 22.1. The Balaban J connectivity index is 1.44. The molecule has 1 amide bonds. The second-order valence-electron chi connectivity index (χ2n) is 7.74. The van der Waals surface area contributed by atoms with Crippen molar-refractivity contribution >= 4 is 28.6 Å². The van der Waals surface area contributed by atoms with Crippen molar-refractivity contribution in [3.05, 3.63) is 89.6 Å². The fourth-order valence-corrected chi connectivity index (χ4v) is 4.97. The number of hydrogen-bond acceptors (Lipinski definition) is 4. The Hall–Kier alpha value is -3.38. The number of hydrogen-bond donors (Lipinski definition) is 1.